The van der Waals surface area contributed by atoms with Crippen molar-refractivity contribution >= 4 is 17.7 Å². The smallest absolute Gasteiger partial charge is 0.416 e. The Morgan fingerprint density at radius 3 is 2.39 bits per heavy atom. The highest BCUT2D eigenvalue weighted by Crippen LogP contribution is 2.42. The number of thioether (sulfide) groups is 1. The molecule has 10 nitrogen and oxygen atoms in total. The Kier molecular flexibility index (Phi) is 10.3. The molecule has 3 heterocycles. The first-order valence-corrected chi connectivity index (χ1v) is 17.2. The molecule has 2 aromatic heterocycles. The van der Waals surface area contributed by atoms with E-state index in [1.54, 1.807) is 40.9 Å². The molecule has 14 heteroatoms. The number of H-pyrrole nitrogens is 1. The molecule has 7 rings (SSSR count). The molecule has 2 aliphatic carbocycles. The van der Waals surface area contributed by atoms with E-state index in [0.717, 1.165) is 56.2 Å². The van der Waals surface area contributed by atoms with Crippen LogP contribution in [0.5, 0.6) is 5.75 Å². The van der Waals surface area contributed by atoms with Crippen LogP contribution in [0.4, 0.5) is 13.2 Å². The van der Waals surface area contributed by atoms with E-state index < -0.39 is 17.3 Å². The van der Waals surface area contributed by atoms with Crippen molar-refractivity contribution in [2.45, 2.75) is 80.0 Å². The summed E-state index contributed by atoms with van der Waals surface area (Å²) in [6.07, 6.45) is 4.92. The summed E-state index contributed by atoms with van der Waals surface area (Å²) in [5.74, 6) is -0.110. The second-order valence-corrected chi connectivity index (χ2v) is 13.7. The summed E-state index contributed by atoms with van der Waals surface area (Å²) >= 11 is 1.57. The highest BCUT2D eigenvalue weighted by atomic mass is 32.2. The molecule has 49 heavy (non-hydrogen) atoms. The number of alkyl halides is 3. The van der Waals surface area contributed by atoms with Crippen LogP contribution in [0.2, 0.25) is 0 Å². The lowest BCUT2D eigenvalue weighted by Gasteiger charge is -2.43. The van der Waals surface area contributed by atoms with Gasteiger partial charge in [0.15, 0.2) is 5.16 Å². The first-order chi connectivity index (χ1) is 23.5. The molecule has 0 radical (unpaired) electrons. The maximum Gasteiger partial charge on any atom is 0.416 e. The number of halogens is 3. The number of nitrogens with one attached hydrogen (secondary N) is 2. The number of aromatic nitrogens is 4. The second-order valence-electron chi connectivity index (χ2n) is 12.5. The fourth-order valence-corrected chi connectivity index (χ4v) is 7.51. The number of hydrogen-bond acceptors (Lipinski definition) is 8. The first-order valence-electron chi connectivity index (χ1n) is 16.3. The molecule has 0 atom stereocenters. The molecule has 0 bridgehead atoms. The van der Waals surface area contributed by atoms with E-state index in [2.05, 4.69) is 15.3 Å². The zero-order valence-corrected chi connectivity index (χ0v) is 27.5. The number of nitrogens with zero attached hydrogens (tertiary/aromatic N) is 4. The topological polar surface area (TPSA) is 133 Å². The van der Waals surface area contributed by atoms with Gasteiger partial charge in [-0.15, -0.1) is 0 Å². The van der Waals surface area contributed by atoms with Crippen LogP contribution in [0.3, 0.4) is 0 Å². The molecule has 0 spiro atoms. The van der Waals surface area contributed by atoms with Gasteiger partial charge in [0.05, 0.1) is 35.4 Å². The van der Waals surface area contributed by atoms with Crippen LogP contribution in [-0.4, -0.2) is 53.8 Å². The third kappa shape index (κ3) is 7.75. The number of aromatic amines is 1. The van der Waals surface area contributed by atoms with Crippen LogP contribution in [-0.2, 0) is 29.5 Å². The van der Waals surface area contributed by atoms with Gasteiger partial charge in [-0.1, -0.05) is 42.4 Å². The number of carbonyl (C=O) groups excluding carboxylic acids is 1. The molecule has 0 unspecified atom stereocenters. The number of para-hydroxylation sites is 2. The summed E-state index contributed by atoms with van der Waals surface area (Å²) in [6.45, 7) is 0.975. The van der Waals surface area contributed by atoms with E-state index in [9.17, 15) is 32.7 Å². The third-order valence-corrected chi connectivity index (χ3v) is 10.7. The van der Waals surface area contributed by atoms with Crippen LogP contribution in [0.15, 0.2) is 81.9 Å². The largest absolute Gasteiger partial charge is 0.506 e. The van der Waals surface area contributed by atoms with Gasteiger partial charge in [0.25, 0.3) is 11.1 Å². The van der Waals surface area contributed by atoms with E-state index in [1.165, 1.54) is 35.3 Å². The van der Waals surface area contributed by atoms with Gasteiger partial charge in [-0.05, 0) is 61.9 Å². The van der Waals surface area contributed by atoms with Crippen LogP contribution >= 0.6 is 11.8 Å². The average molecular weight is 695 g/mol. The Morgan fingerprint density at radius 1 is 1.06 bits per heavy atom. The maximum absolute atomic E-state index is 13.9. The highest BCUT2D eigenvalue weighted by Gasteiger charge is 2.39. The van der Waals surface area contributed by atoms with Gasteiger partial charge >= 0.3 is 6.18 Å². The van der Waals surface area contributed by atoms with Crippen molar-refractivity contribution in [1.29, 1.82) is 0 Å². The zero-order valence-electron chi connectivity index (χ0n) is 26.7. The Labute approximate surface area is 284 Å². The lowest BCUT2D eigenvalue weighted by Crippen LogP contribution is -2.49. The monoisotopic (exact) mass is 694 g/mol. The standard InChI is InChI=1S/C31H33F3N4O3S.C4H4N2O/c32-31(33,34)21-11-9-20(10-12-21)30(15-4-16-30)35-17-13-27(40)37-18-14-24-23(19-37)28(41)38(25-7-1-2-8-26(25)39)29(36-24)42-22-5-3-6-22;7-4-1-2-5-3-6-4/h1-2,7-12,22,35,39H,3-6,13-19H2;1-3H,(H,5,6,7). The van der Waals surface area contributed by atoms with Gasteiger partial charge in [-0.25, -0.2) is 9.97 Å². The number of aromatic hydroxyl groups is 1. The molecule has 4 aromatic rings. The fraction of sp³-hybridized carbons (Fsp3) is 0.400. The Balaban J connectivity index is 0.000000531. The van der Waals surface area contributed by atoms with Gasteiger partial charge in [-0.2, -0.15) is 13.2 Å². The van der Waals surface area contributed by atoms with Crippen LogP contribution in [0.25, 0.3) is 5.69 Å². The summed E-state index contributed by atoms with van der Waals surface area (Å²) in [6, 6.07) is 13.3. The van der Waals surface area contributed by atoms with E-state index in [-0.39, 0.29) is 35.7 Å². The highest BCUT2D eigenvalue weighted by molar-refractivity contribution is 7.99. The molecule has 3 N–H and O–H groups in total. The second kappa shape index (κ2) is 14.6. The number of carbonyl (C=O) groups is 1. The van der Waals surface area contributed by atoms with Crippen molar-refractivity contribution < 1.29 is 23.1 Å². The van der Waals surface area contributed by atoms with E-state index in [1.807, 2.05) is 0 Å². The normalized spacial score (nSPS) is 16.8. The molecule has 1 amide bonds. The quantitative estimate of drug-likeness (QED) is 0.211. The number of phenolic OH excluding ortho intramolecular Hbond substituents is 1. The van der Waals surface area contributed by atoms with Crippen molar-refractivity contribution in [3.05, 3.63) is 110 Å². The minimum Gasteiger partial charge on any atom is -0.506 e. The molecule has 2 saturated carbocycles. The number of rotatable bonds is 8. The molecule has 1 aliphatic heterocycles. The minimum atomic E-state index is -4.38. The van der Waals surface area contributed by atoms with E-state index in [4.69, 9.17) is 4.98 Å². The van der Waals surface area contributed by atoms with Crippen molar-refractivity contribution in [3.8, 4) is 11.4 Å². The lowest BCUT2D eigenvalue weighted by molar-refractivity contribution is -0.137. The van der Waals surface area contributed by atoms with Crippen molar-refractivity contribution in [2.24, 2.45) is 0 Å². The molecular weight excluding hydrogens is 657 g/mol. The van der Waals surface area contributed by atoms with Crippen LogP contribution in [0.1, 0.15) is 67.3 Å². The Morgan fingerprint density at radius 2 is 1.82 bits per heavy atom. The minimum absolute atomic E-state index is 0.00963. The number of phenols is 1. The van der Waals surface area contributed by atoms with E-state index in [0.29, 0.717) is 46.9 Å². The summed E-state index contributed by atoms with van der Waals surface area (Å²) in [5, 5.41) is 15.0. The predicted octanol–water partition coefficient (Wildman–Crippen LogP) is 5.32. The molecule has 258 valence electrons. The number of hydrogen-bond donors (Lipinski definition) is 3. The lowest BCUT2D eigenvalue weighted by atomic mass is 9.71. The van der Waals surface area contributed by atoms with Crippen LogP contribution in [0, 0.1) is 0 Å². The molecule has 0 saturated heterocycles. The van der Waals surface area contributed by atoms with Gasteiger partial charge < -0.3 is 20.3 Å². The van der Waals surface area contributed by atoms with Gasteiger partial charge in [-0.3, -0.25) is 19.0 Å². The first kappa shape index (κ1) is 34.4. The zero-order chi connectivity index (χ0) is 34.6. The average Bonchev–Trinajstić information content (AvgIpc) is 3.05. The van der Waals surface area contributed by atoms with Crippen molar-refractivity contribution in [2.75, 3.05) is 13.1 Å². The summed E-state index contributed by atoms with van der Waals surface area (Å²) < 4.78 is 40.5. The summed E-state index contributed by atoms with van der Waals surface area (Å²) in [4.78, 5) is 49.8. The van der Waals surface area contributed by atoms with Crippen LogP contribution < -0.4 is 16.4 Å². The summed E-state index contributed by atoms with van der Waals surface area (Å²) in [7, 11) is 0. The number of fused-ring (bicyclic) bond motifs is 1. The third-order valence-electron chi connectivity index (χ3n) is 9.37. The molecule has 3 aliphatic rings. The van der Waals surface area contributed by atoms with E-state index >= 15 is 0 Å². The maximum atomic E-state index is 13.9. The Bertz CT molecular complexity index is 1890. The fourth-order valence-electron chi connectivity index (χ4n) is 6.20. The summed E-state index contributed by atoms with van der Waals surface area (Å²) in [5.41, 5.74) is 0.850. The molecular formula is C35H37F3N6O4S. The van der Waals surface area contributed by atoms with Gasteiger partial charge in [0.2, 0.25) is 5.91 Å². The van der Waals surface area contributed by atoms with Crippen molar-refractivity contribution in [3.63, 3.8) is 0 Å². The Hall–Kier alpha value is -4.43. The van der Waals surface area contributed by atoms with Crippen molar-refractivity contribution in [1.82, 2.24) is 29.7 Å². The predicted molar refractivity (Wildman–Crippen MR) is 179 cm³/mol. The number of amides is 1. The number of benzene rings is 2. The van der Waals surface area contributed by atoms with Gasteiger partial charge in [0, 0.05) is 49.0 Å². The molecule has 2 aromatic carbocycles. The molecule has 2 fully saturated rings. The SMILES string of the molecule is O=C(CCNC1(c2ccc(C(F)(F)F)cc2)CCC1)N1CCc2nc(SC3CCC3)n(-c3ccccc3O)c(=O)c2C1.O=c1ccnc[nH]1. The van der Waals surface area contributed by atoms with Gasteiger partial charge in [0.1, 0.15) is 5.75 Å².